The number of aromatic nitrogens is 2. The van der Waals surface area contributed by atoms with E-state index in [9.17, 15) is 31.9 Å². The van der Waals surface area contributed by atoms with Crippen LogP contribution < -0.4 is 16.0 Å². The fraction of sp³-hybridized carbons (Fsp3) is 0.577. The Kier molecular flexibility index (Phi) is 9.14. The van der Waals surface area contributed by atoms with Gasteiger partial charge in [-0.3, -0.25) is 9.59 Å². The van der Waals surface area contributed by atoms with Crippen LogP contribution in [0.5, 0.6) is 0 Å². The van der Waals surface area contributed by atoms with Crippen LogP contribution in [0.3, 0.4) is 0 Å². The van der Waals surface area contributed by atoms with Crippen LogP contribution in [0.25, 0.3) is 0 Å². The highest BCUT2D eigenvalue weighted by Gasteiger charge is 2.43. The lowest BCUT2D eigenvalue weighted by atomic mass is 9.81. The van der Waals surface area contributed by atoms with Crippen molar-refractivity contribution >= 4 is 23.7 Å². The van der Waals surface area contributed by atoms with E-state index in [2.05, 4.69) is 26.1 Å². The molecule has 0 unspecified atom stereocenters. The number of hydrogen-bond donors (Lipinski definition) is 3. The van der Waals surface area contributed by atoms with Crippen LogP contribution in [0.1, 0.15) is 60.3 Å². The average molecular weight is 585 g/mol. The van der Waals surface area contributed by atoms with Crippen LogP contribution in [0.15, 0.2) is 29.0 Å². The van der Waals surface area contributed by atoms with Crippen LogP contribution in [0, 0.1) is 5.92 Å². The summed E-state index contributed by atoms with van der Waals surface area (Å²) in [6, 6.07) is 0.0921. The topological polar surface area (TPSA) is 139 Å². The van der Waals surface area contributed by atoms with Gasteiger partial charge in [-0.1, -0.05) is 12.1 Å². The molecule has 15 heteroatoms. The number of carbonyl (C=O) groups is 3. The Labute approximate surface area is 233 Å². The molecule has 0 spiro atoms. The Bertz CT molecular complexity index is 1250. The summed E-state index contributed by atoms with van der Waals surface area (Å²) in [5, 5.41) is 11.0. The fourth-order valence-corrected chi connectivity index (χ4v) is 5.10. The van der Waals surface area contributed by atoms with E-state index in [0.717, 1.165) is 4.90 Å². The maximum atomic E-state index is 14.1. The average Bonchev–Trinajstić information content (AvgIpc) is 3.41. The summed E-state index contributed by atoms with van der Waals surface area (Å²) in [4.78, 5) is 44.0. The molecule has 3 heterocycles. The standard InChI is InChI=1S/C26H32F4N6O5/c1-3-19-17(11-33-41-19)22(37)35-21(15-4-7-25(27,28)8-5-15)23(38)34-20-10-16(6-9-31-20)18(12-40-2)36-14-26(29,30)13-32-24(36)39/h6,9-11,15,18,21H,3-5,7-8,12-14H2,1-2H3,(H,32,39)(H,35,37)(H,31,34,38)/t18-,21+/m1/s1. The zero-order valence-electron chi connectivity index (χ0n) is 22.6. The molecule has 2 fully saturated rings. The molecular formula is C26H32F4N6O5. The molecule has 2 aliphatic rings. The number of amides is 4. The first-order valence-electron chi connectivity index (χ1n) is 13.2. The Hall–Kier alpha value is -3.75. The van der Waals surface area contributed by atoms with Crippen molar-refractivity contribution in [1.82, 2.24) is 25.7 Å². The van der Waals surface area contributed by atoms with Gasteiger partial charge in [0.05, 0.1) is 31.9 Å². The molecule has 224 valence electrons. The highest BCUT2D eigenvalue weighted by Crippen LogP contribution is 2.38. The second kappa shape index (κ2) is 12.4. The Morgan fingerprint density at radius 2 is 1.98 bits per heavy atom. The van der Waals surface area contributed by atoms with Crippen molar-refractivity contribution in [3.8, 4) is 0 Å². The molecule has 2 aromatic rings. The van der Waals surface area contributed by atoms with Crippen molar-refractivity contribution in [1.29, 1.82) is 0 Å². The first-order valence-corrected chi connectivity index (χ1v) is 13.2. The van der Waals surface area contributed by atoms with Crippen LogP contribution in [-0.2, 0) is 16.0 Å². The normalized spacial score (nSPS) is 20.1. The molecule has 2 aromatic heterocycles. The number of alkyl halides is 4. The molecule has 1 saturated heterocycles. The molecule has 1 saturated carbocycles. The van der Waals surface area contributed by atoms with Gasteiger partial charge in [0.1, 0.15) is 23.2 Å². The van der Waals surface area contributed by atoms with Gasteiger partial charge < -0.3 is 30.1 Å². The van der Waals surface area contributed by atoms with Crippen molar-refractivity contribution in [3.63, 3.8) is 0 Å². The van der Waals surface area contributed by atoms with E-state index >= 15 is 0 Å². The SMILES string of the molecule is CCc1oncc1C(=O)N[C@H](C(=O)Nc1cc([C@@H](COC)N2CC(F)(F)CNC2=O)ccn1)C1CCC(F)(F)CC1. The Morgan fingerprint density at radius 1 is 1.24 bits per heavy atom. The quantitative estimate of drug-likeness (QED) is 0.363. The number of anilines is 1. The molecule has 0 radical (unpaired) electrons. The first-order chi connectivity index (χ1) is 19.4. The van der Waals surface area contributed by atoms with Gasteiger partial charge in [0.25, 0.3) is 11.8 Å². The number of nitrogens with one attached hydrogen (secondary N) is 3. The third-order valence-corrected chi connectivity index (χ3v) is 7.29. The second-order valence-electron chi connectivity index (χ2n) is 10.2. The lowest BCUT2D eigenvalue weighted by Crippen LogP contribution is -2.58. The minimum absolute atomic E-state index is 0.00268. The lowest BCUT2D eigenvalue weighted by Gasteiger charge is -2.38. The number of carbonyl (C=O) groups excluding carboxylic acids is 3. The first kappa shape index (κ1) is 30.2. The lowest BCUT2D eigenvalue weighted by molar-refractivity contribution is -0.121. The van der Waals surface area contributed by atoms with Crippen molar-refractivity contribution < 1.29 is 41.2 Å². The fourth-order valence-electron chi connectivity index (χ4n) is 5.10. The molecule has 4 amide bonds. The van der Waals surface area contributed by atoms with Gasteiger partial charge in [-0.05, 0) is 36.5 Å². The van der Waals surface area contributed by atoms with E-state index in [1.54, 1.807) is 6.92 Å². The van der Waals surface area contributed by atoms with Gasteiger partial charge in [0.2, 0.25) is 11.8 Å². The molecule has 2 atom stereocenters. The predicted octanol–water partition coefficient (Wildman–Crippen LogP) is 3.54. The van der Waals surface area contributed by atoms with Crippen molar-refractivity contribution in [2.75, 3.05) is 32.1 Å². The zero-order valence-corrected chi connectivity index (χ0v) is 22.6. The minimum atomic E-state index is -3.16. The highest BCUT2D eigenvalue weighted by molar-refractivity contribution is 6.01. The largest absolute Gasteiger partial charge is 0.382 e. The molecule has 1 aliphatic heterocycles. The monoisotopic (exact) mass is 584 g/mol. The van der Waals surface area contributed by atoms with Gasteiger partial charge in [0, 0.05) is 32.6 Å². The maximum absolute atomic E-state index is 14.1. The molecular weight excluding hydrogens is 552 g/mol. The summed E-state index contributed by atoms with van der Waals surface area (Å²) >= 11 is 0. The molecule has 1 aliphatic carbocycles. The van der Waals surface area contributed by atoms with Crippen LogP contribution in [0.2, 0.25) is 0 Å². The molecule has 41 heavy (non-hydrogen) atoms. The Balaban J connectivity index is 1.56. The third kappa shape index (κ3) is 7.31. The van der Waals surface area contributed by atoms with Gasteiger partial charge >= 0.3 is 6.03 Å². The van der Waals surface area contributed by atoms with E-state index in [-0.39, 0.29) is 30.8 Å². The maximum Gasteiger partial charge on any atom is 0.318 e. The van der Waals surface area contributed by atoms with Gasteiger partial charge in [-0.2, -0.15) is 0 Å². The Morgan fingerprint density at radius 3 is 2.66 bits per heavy atom. The van der Waals surface area contributed by atoms with Gasteiger partial charge in [-0.15, -0.1) is 0 Å². The summed E-state index contributed by atoms with van der Waals surface area (Å²) in [7, 11) is 1.36. The number of urea groups is 1. The summed E-state index contributed by atoms with van der Waals surface area (Å²) in [5.41, 5.74) is 0.491. The number of ether oxygens (including phenoxy) is 1. The predicted molar refractivity (Wildman–Crippen MR) is 137 cm³/mol. The van der Waals surface area contributed by atoms with Crippen LogP contribution in [-0.4, -0.2) is 77.6 Å². The zero-order chi connectivity index (χ0) is 29.8. The molecule has 0 bridgehead atoms. The number of methoxy groups -OCH3 is 1. The van der Waals surface area contributed by atoms with E-state index in [0.29, 0.717) is 17.7 Å². The third-order valence-electron chi connectivity index (χ3n) is 7.29. The summed E-state index contributed by atoms with van der Waals surface area (Å²) in [6.45, 7) is 0.0255. The van der Waals surface area contributed by atoms with Crippen molar-refractivity contribution in [3.05, 3.63) is 41.4 Å². The number of rotatable bonds is 10. The number of pyridine rings is 1. The van der Waals surface area contributed by atoms with Crippen molar-refractivity contribution in [2.24, 2.45) is 5.92 Å². The summed E-state index contributed by atoms with van der Waals surface area (Å²) in [5.74, 6) is -7.62. The summed E-state index contributed by atoms with van der Waals surface area (Å²) in [6.07, 6.45) is 2.05. The highest BCUT2D eigenvalue weighted by atomic mass is 19.3. The van der Waals surface area contributed by atoms with E-state index < -0.39 is 73.6 Å². The van der Waals surface area contributed by atoms with E-state index in [1.807, 2.05) is 0 Å². The number of nitrogens with zero attached hydrogens (tertiary/aromatic N) is 3. The number of aryl methyl sites for hydroxylation is 1. The summed E-state index contributed by atoms with van der Waals surface area (Å²) < 4.78 is 66.2. The number of halogens is 4. The molecule has 11 nitrogen and oxygen atoms in total. The van der Waals surface area contributed by atoms with Crippen LogP contribution in [0.4, 0.5) is 28.2 Å². The second-order valence-corrected chi connectivity index (χ2v) is 10.2. The van der Waals surface area contributed by atoms with E-state index in [4.69, 9.17) is 9.26 Å². The molecule has 3 N–H and O–H groups in total. The van der Waals surface area contributed by atoms with Gasteiger partial charge in [-0.25, -0.2) is 27.3 Å². The minimum Gasteiger partial charge on any atom is -0.382 e. The number of hydrogen-bond acceptors (Lipinski definition) is 7. The van der Waals surface area contributed by atoms with Crippen molar-refractivity contribution in [2.45, 2.75) is 63.0 Å². The van der Waals surface area contributed by atoms with E-state index in [1.165, 1.54) is 31.6 Å². The van der Waals surface area contributed by atoms with Gasteiger partial charge in [0.15, 0.2) is 0 Å². The smallest absolute Gasteiger partial charge is 0.318 e. The van der Waals surface area contributed by atoms with Crippen LogP contribution >= 0.6 is 0 Å². The molecule has 4 rings (SSSR count). The molecule has 0 aromatic carbocycles.